The van der Waals surface area contributed by atoms with Gasteiger partial charge in [0, 0.05) is 12.8 Å². The highest BCUT2D eigenvalue weighted by Crippen LogP contribution is 2.38. The van der Waals surface area contributed by atoms with Gasteiger partial charge in [0.1, 0.15) is 19.8 Å². The molecule has 0 aliphatic heterocycles. The van der Waals surface area contributed by atoms with Gasteiger partial charge in [0.25, 0.3) is 7.82 Å². The Labute approximate surface area is 516 Å². The first-order valence-corrected chi connectivity index (χ1v) is 34.7. The highest BCUT2D eigenvalue weighted by atomic mass is 31.2. The second kappa shape index (κ2) is 63.1. The number of nitrogens with zero attached hydrogens (tertiary/aromatic N) is 1. The molecule has 476 valence electrons. The summed E-state index contributed by atoms with van der Waals surface area (Å²) in [7, 11) is 1.14. The van der Waals surface area contributed by atoms with E-state index in [1.54, 1.807) is 0 Å². The van der Waals surface area contributed by atoms with E-state index in [0.717, 1.165) is 135 Å². The summed E-state index contributed by atoms with van der Waals surface area (Å²) in [6.07, 6.45) is 94.5. The molecule has 84 heavy (non-hydrogen) atoms. The third-order valence-electron chi connectivity index (χ3n) is 13.5. The number of likely N-dealkylation sites (N-methyl/N-ethyl adjacent to an activating group) is 1. The molecule has 0 fully saturated rings. The van der Waals surface area contributed by atoms with E-state index >= 15 is 0 Å². The van der Waals surface area contributed by atoms with Gasteiger partial charge in [-0.05, 0) is 122 Å². The van der Waals surface area contributed by atoms with Gasteiger partial charge in [-0.25, -0.2) is 0 Å². The Kier molecular flexibility index (Phi) is 59.9. The number of carbonyl (C=O) groups excluding carboxylic acids is 2. The molecule has 0 amide bonds. The molecule has 2 atom stereocenters. The lowest BCUT2D eigenvalue weighted by atomic mass is 10.0. The lowest BCUT2D eigenvalue weighted by molar-refractivity contribution is -0.870. The molecule has 0 saturated carbocycles. The normalized spacial score (nSPS) is 14.2. The molecule has 0 aromatic rings. The van der Waals surface area contributed by atoms with Crippen LogP contribution in [-0.4, -0.2) is 70.0 Å². The molecule has 0 aliphatic rings. The minimum atomic E-state index is -4.65. The predicted octanol–water partition coefficient (Wildman–Crippen LogP) is 21.0. The molecule has 0 saturated heterocycles. The first-order valence-electron chi connectivity index (χ1n) is 33.2. The van der Waals surface area contributed by atoms with Crippen LogP contribution in [0.4, 0.5) is 0 Å². The molecule has 0 rings (SSSR count). The van der Waals surface area contributed by atoms with Gasteiger partial charge in [0.15, 0.2) is 6.10 Å². The number of phosphoric ester groups is 1. The van der Waals surface area contributed by atoms with Gasteiger partial charge in [-0.3, -0.25) is 14.2 Å². The van der Waals surface area contributed by atoms with Crippen molar-refractivity contribution in [2.45, 2.75) is 251 Å². The summed E-state index contributed by atoms with van der Waals surface area (Å²) in [6.45, 7) is 3.98. The fourth-order valence-corrected chi connectivity index (χ4v) is 9.25. The Morgan fingerprint density at radius 3 is 0.952 bits per heavy atom. The Morgan fingerprint density at radius 2 is 0.643 bits per heavy atom. The van der Waals surface area contributed by atoms with Crippen molar-refractivity contribution >= 4 is 19.8 Å². The van der Waals surface area contributed by atoms with Crippen molar-refractivity contribution in [1.82, 2.24) is 0 Å². The molecule has 0 radical (unpaired) electrons. The minimum absolute atomic E-state index is 0.0418. The maximum Gasteiger partial charge on any atom is 0.306 e. The van der Waals surface area contributed by atoms with Crippen LogP contribution in [0.3, 0.4) is 0 Å². The van der Waals surface area contributed by atoms with Crippen molar-refractivity contribution in [3.8, 4) is 0 Å². The van der Waals surface area contributed by atoms with E-state index in [0.29, 0.717) is 23.9 Å². The monoisotopic (exact) mass is 1180 g/mol. The number of phosphoric acid groups is 1. The number of hydrogen-bond donors (Lipinski definition) is 0. The van der Waals surface area contributed by atoms with Crippen molar-refractivity contribution in [1.29, 1.82) is 0 Å². The van der Waals surface area contributed by atoms with Crippen LogP contribution in [0.2, 0.25) is 0 Å². The van der Waals surface area contributed by atoms with Gasteiger partial charge in [-0.2, -0.15) is 0 Å². The maximum atomic E-state index is 12.8. The number of rotatable bonds is 59. The molecule has 0 aromatic heterocycles. The van der Waals surface area contributed by atoms with Gasteiger partial charge < -0.3 is 27.9 Å². The van der Waals surface area contributed by atoms with Crippen LogP contribution >= 0.6 is 7.82 Å². The van der Waals surface area contributed by atoms with Crippen LogP contribution in [-0.2, 0) is 32.7 Å². The molecule has 0 N–H and O–H groups in total. The van der Waals surface area contributed by atoms with Crippen molar-refractivity contribution in [2.24, 2.45) is 0 Å². The zero-order valence-corrected chi connectivity index (χ0v) is 54.9. The second-order valence-corrected chi connectivity index (χ2v) is 24.1. The van der Waals surface area contributed by atoms with Gasteiger partial charge in [-0.1, -0.05) is 268 Å². The zero-order valence-electron chi connectivity index (χ0n) is 54.0. The summed E-state index contributed by atoms with van der Waals surface area (Å²) in [5.74, 6) is -0.863. The summed E-state index contributed by atoms with van der Waals surface area (Å²) < 4.78 is 34.2. The largest absolute Gasteiger partial charge is 0.756 e. The number of esters is 2. The Bertz CT molecular complexity index is 1970. The van der Waals surface area contributed by atoms with E-state index in [1.807, 2.05) is 21.1 Å². The number of hydrogen-bond acceptors (Lipinski definition) is 8. The van der Waals surface area contributed by atoms with Crippen LogP contribution < -0.4 is 4.89 Å². The van der Waals surface area contributed by atoms with Crippen molar-refractivity contribution in [3.05, 3.63) is 158 Å². The standard InChI is InChI=1S/C74H122NO8P/c1-6-8-10-12-14-16-18-20-22-24-26-28-29-30-31-32-33-34-35-36-37-38-39-40-41-42-43-44-45-47-49-51-53-55-57-59-61-63-65-67-74(77)83-72(71-82-84(78,79)81-69-68-75(3,4)5)70-80-73(76)66-64-62-60-58-56-54-52-50-48-46-27-25-23-21-19-17-15-13-11-9-7-2/h8-11,14-17,20-23,26-28,30-31,33-34,36-37,39-40,46,50,52,72H,6-7,12-13,18-19,24-25,29,32,35,38,41-45,47-49,51,53-71H2,1-5H3/b10-8-,11-9-,16-14-,17-15-,22-20-,23-21-,28-26-,31-30-,34-33-,37-36-,40-39-,46-27-,52-50-. The molecule has 0 aliphatic carbocycles. The maximum absolute atomic E-state index is 12.8. The number of ether oxygens (including phenoxy) is 2. The van der Waals surface area contributed by atoms with Gasteiger partial charge >= 0.3 is 11.9 Å². The smallest absolute Gasteiger partial charge is 0.306 e. The first kappa shape index (κ1) is 79.6. The molecule has 2 unspecified atom stereocenters. The lowest BCUT2D eigenvalue weighted by Crippen LogP contribution is -2.37. The first-order chi connectivity index (χ1) is 41.0. The average molecular weight is 1180 g/mol. The van der Waals surface area contributed by atoms with Crippen molar-refractivity contribution in [2.75, 3.05) is 47.5 Å². The van der Waals surface area contributed by atoms with Crippen LogP contribution in [0.1, 0.15) is 245 Å². The lowest BCUT2D eigenvalue weighted by Gasteiger charge is -2.28. The van der Waals surface area contributed by atoms with E-state index in [2.05, 4.69) is 172 Å². The molecule has 0 spiro atoms. The summed E-state index contributed by atoms with van der Waals surface area (Å²) in [4.78, 5) is 38.0. The summed E-state index contributed by atoms with van der Waals surface area (Å²) >= 11 is 0. The van der Waals surface area contributed by atoms with Crippen molar-refractivity contribution in [3.63, 3.8) is 0 Å². The van der Waals surface area contributed by atoms with Gasteiger partial charge in [-0.15, -0.1) is 0 Å². The molecule has 0 heterocycles. The number of allylic oxidation sites excluding steroid dienone is 26. The van der Waals surface area contributed by atoms with Crippen LogP contribution in [0.5, 0.6) is 0 Å². The highest BCUT2D eigenvalue weighted by Gasteiger charge is 2.22. The summed E-state index contributed by atoms with van der Waals surface area (Å²) in [5, 5.41) is 0. The Morgan fingerprint density at radius 1 is 0.369 bits per heavy atom. The third-order valence-corrected chi connectivity index (χ3v) is 14.5. The number of unbranched alkanes of at least 4 members (excludes halogenated alkanes) is 19. The summed E-state index contributed by atoms with van der Waals surface area (Å²) in [6, 6.07) is 0. The predicted molar refractivity (Wildman–Crippen MR) is 360 cm³/mol. The Hall–Kier alpha value is -4.37. The van der Waals surface area contributed by atoms with E-state index < -0.39 is 32.5 Å². The molecule has 0 aromatic carbocycles. The fraction of sp³-hybridized carbons (Fsp3) is 0.622. The van der Waals surface area contributed by atoms with E-state index in [9.17, 15) is 19.0 Å². The number of quaternary nitrogens is 1. The molecular formula is C74H122NO8P. The van der Waals surface area contributed by atoms with E-state index in [1.165, 1.54) is 70.6 Å². The van der Waals surface area contributed by atoms with E-state index in [4.69, 9.17) is 18.5 Å². The average Bonchev–Trinajstić information content (AvgIpc) is 3.61. The minimum Gasteiger partial charge on any atom is -0.756 e. The van der Waals surface area contributed by atoms with Crippen LogP contribution in [0, 0.1) is 0 Å². The highest BCUT2D eigenvalue weighted by molar-refractivity contribution is 7.45. The Balaban J connectivity index is 4.10. The molecule has 0 bridgehead atoms. The second-order valence-electron chi connectivity index (χ2n) is 22.7. The molecule has 9 nitrogen and oxygen atoms in total. The topological polar surface area (TPSA) is 111 Å². The van der Waals surface area contributed by atoms with Crippen LogP contribution in [0.15, 0.2) is 158 Å². The third kappa shape index (κ3) is 66.8. The number of carbonyl (C=O) groups is 2. The van der Waals surface area contributed by atoms with Gasteiger partial charge in [0.05, 0.1) is 27.7 Å². The quantitative estimate of drug-likeness (QED) is 0.0195. The summed E-state index contributed by atoms with van der Waals surface area (Å²) in [5.41, 5.74) is 0. The molecule has 10 heteroatoms. The van der Waals surface area contributed by atoms with Crippen molar-refractivity contribution < 1.29 is 42.1 Å². The van der Waals surface area contributed by atoms with Crippen LogP contribution in [0.25, 0.3) is 0 Å². The SMILES string of the molecule is CC/C=C\C/C=C\C/C=C\C/C=C\C/C=C\C/C=C\C/C=C\C/C=C\CCCCCCCCCCCCCCCCC(=O)OC(COC(=O)CCCCCCC/C=C\C/C=C\C/C=C\C/C=C\C/C=C\CC)COP(=O)([O-])OCC[N+](C)(C)C. The van der Waals surface area contributed by atoms with Gasteiger partial charge in [0.2, 0.25) is 0 Å². The fourth-order valence-electron chi connectivity index (χ4n) is 8.52. The molecular weight excluding hydrogens is 1060 g/mol. The van der Waals surface area contributed by atoms with E-state index in [-0.39, 0.29) is 26.1 Å². The zero-order chi connectivity index (χ0) is 61.2.